The minimum atomic E-state index is -4.97. The number of carbonyl (C=O) groups excluding carboxylic acids is 4. The lowest BCUT2D eigenvalue weighted by molar-refractivity contribution is -0.161. The second-order valence-electron chi connectivity index (χ2n) is 29.2. The topological polar surface area (TPSA) is 237 Å². The molecule has 102 heavy (non-hydrogen) atoms. The summed E-state index contributed by atoms with van der Waals surface area (Å²) in [6.07, 6.45) is 72.8. The molecule has 0 rings (SSSR count). The molecule has 0 aliphatic carbocycles. The second-order valence-corrected chi connectivity index (χ2v) is 32.1. The Morgan fingerprint density at radius 2 is 0.480 bits per heavy atom. The molecule has 0 bridgehead atoms. The largest absolute Gasteiger partial charge is 0.472 e. The van der Waals surface area contributed by atoms with Gasteiger partial charge in [-0.2, -0.15) is 0 Å². The van der Waals surface area contributed by atoms with Crippen LogP contribution in [-0.2, 0) is 65.4 Å². The van der Waals surface area contributed by atoms with Crippen LogP contribution < -0.4 is 0 Å². The quantitative estimate of drug-likeness (QED) is 0.0169. The van der Waals surface area contributed by atoms with E-state index in [1.54, 1.807) is 0 Å². The summed E-state index contributed by atoms with van der Waals surface area (Å²) in [7, 11) is -9.93. The van der Waals surface area contributed by atoms with Gasteiger partial charge in [-0.05, 0) is 57.8 Å². The summed E-state index contributed by atoms with van der Waals surface area (Å²) in [5.41, 5.74) is 0. The molecule has 19 heteroatoms. The summed E-state index contributed by atoms with van der Waals surface area (Å²) in [5, 5.41) is 10.7. The van der Waals surface area contributed by atoms with Crippen LogP contribution in [-0.4, -0.2) is 96.7 Å². The van der Waals surface area contributed by atoms with Crippen molar-refractivity contribution in [3.63, 3.8) is 0 Å². The predicted molar refractivity (Wildman–Crippen MR) is 418 cm³/mol. The molecule has 0 saturated heterocycles. The van der Waals surface area contributed by atoms with Gasteiger partial charge in [0.25, 0.3) is 0 Å². The van der Waals surface area contributed by atoms with E-state index < -0.39 is 97.5 Å². The zero-order valence-electron chi connectivity index (χ0n) is 66.1. The fourth-order valence-corrected chi connectivity index (χ4v) is 14.0. The zero-order chi connectivity index (χ0) is 74.6. The summed E-state index contributed by atoms with van der Waals surface area (Å²) >= 11 is 0. The first-order valence-corrected chi connectivity index (χ1v) is 45.6. The van der Waals surface area contributed by atoms with Crippen molar-refractivity contribution in [3.8, 4) is 0 Å². The van der Waals surface area contributed by atoms with Crippen LogP contribution in [0, 0.1) is 0 Å². The highest BCUT2D eigenvalue weighted by molar-refractivity contribution is 7.47. The minimum absolute atomic E-state index is 0.0879. The van der Waals surface area contributed by atoms with E-state index in [4.69, 9.17) is 37.0 Å². The van der Waals surface area contributed by atoms with E-state index in [2.05, 4.69) is 52.0 Å². The fraction of sp³-hybridized carbons (Fsp3) is 0.904. The molecular weight excluding hydrogens is 1330 g/mol. The molecular formula is C83H158O17P2. The summed E-state index contributed by atoms with van der Waals surface area (Å²) in [4.78, 5) is 73.1. The molecule has 2 unspecified atom stereocenters. The van der Waals surface area contributed by atoms with Crippen molar-refractivity contribution in [3.05, 3.63) is 24.3 Å². The Labute approximate surface area is 624 Å². The van der Waals surface area contributed by atoms with E-state index in [1.165, 1.54) is 238 Å². The number of rotatable bonds is 82. The molecule has 0 radical (unpaired) electrons. The first-order valence-electron chi connectivity index (χ1n) is 42.6. The molecule has 0 saturated carbocycles. The highest BCUT2D eigenvalue weighted by atomic mass is 31.2. The Morgan fingerprint density at radius 1 is 0.275 bits per heavy atom. The van der Waals surface area contributed by atoms with Gasteiger partial charge in [0.05, 0.1) is 26.4 Å². The normalized spacial score (nSPS) is 13.9. The molecule has 0 aliphatic rings. The fourth-order valence-electron chi connectivity index (χ4n) is 12.4. The standard InChI is InChI=1S/C83H158O17P2/c1-5-9-13-17-21-25-29-33-37-38-42-44-48-52-56-60-64-68-81(86)94-74-79(100-83(88)70-66-62-58-54-50-46-41-36-32-28-24-20-16-12-8-4)76-98-102(91,92)96-72-77(84)71-95-101(89,90)97-75-78(99-82(87)69-65-61-57-53-49-45-40-35-31-27-23-19-15-11-7-3)73-93-80(85)67-63-59-55-51-47-43-39-34-30-26-22-18-14-10-6-2/h24,28,36,41,77-79,84H,5-23,25-27,29-35,37-40,42-76H2,1-4H3,(H,89,90)(H,91,92)/b28-24-,41-36-/t77-,78+,79+/m0/s1. The number of phosphoric acid groups is 2. The molecule has 5 atom stereocenters. The molecule has 17 nitrogen and oxygen atoms in total. The van der Waals surface area contributed by atoms with Gasteiger partial charge in [-0.25, -0.2) is 9.13 Å². The van der Waals surface area contributed by atoms with Crippen LogP contribution in [0.5, 0.6) is 0 Å². The summed E-state index contributed by atoms with van der Waals surface area (Å²) < 4.78 is 68.8. The van der Waals surface area contributed by atoms with E-state index in [0.717, 1.165) is 109 Å². The van der Waals surface area contributed by atoms with E-state index in [9.17, 15) is 43.2 Å². The predicted octanol–water partition coefficient (Wildman–Crippen LogP) is 24.9. The molecule has 0 fully saturated rings. The zero-order valence-corrected chi connectivity index (χ0v) is 67.9. The minimum Gasteiger partial charge on any atom is -0.462 e. The molecule has 602 valence electrons. The first-order chi connectivity index (χ1) is 49.7. The van der Waals surface area contributed by atoms with Gasteiger partial charge in [-0.3, -0.25) is 37.3 Å². The number of aliphatic hydroxyl groups excluding tert-OH is 1. The number of phosphoric ester groups is 2. The average molecular weight is 1490 g/mol. The highest BCUT2D eigenvalue weighted by Gasteiger charge is 2.30. The monoisotopic (exact) mass is 1490 g/mol. The average Bonchev–Trinajstić information content (AvgIpc) is 0.919. The second kappa shape index (κ2) is 76.7. The van der Waals surface area contributed by atoms with Crippen molar-refractivity contribution in [1.29, 1.82) is 0 Å². The number of hydrogen-bond acceptors (Lipinski definition) is 15. The highest BCUT2D eigenvalue weighted by Crippen LogP contribution is 2.45. The maximum atomic E-state index is 13.1. The van der Waals surface area contributed by atoms with Gasteiger partial charge in [0.15, 0.2) is 12.2 Å². The third-order valence-electron chi connectivity index (χ3n) is 18.9. The lowest BCUT2D eigenvalue weighted by Gasteiger charge is -2.21. The molecule has 0 aromatic rings. The maximum absolute atomic E-state index is 13.1. The van der Waals surface area contributed by atoms with Crippen LogP contribution in [0.15, 0.2) is 24.3 Å². The van der Waals surface area contributed by atoms with Crippen LogP contribution in [0.25, 0.3) is 0 Å². The number of aliphatic hydroxyl groups is 1. The molecule has 0 heterocycles. The van der Waals surface area contributed by atoms with E-state index in [-0.39, 0.29) is 25.7 Å². The lowest BCUT2D eigenvalue weighted by Crippen LogP contribution is -2.30. The molecule has 0 spiro atoms. The van der Waals surface area contributed by atoms with Gasteiger partial charge >= 0.3 is 39.5 Å². The number of esters is 4. The van der Waals surface area contributed by atoms with Gasteiger partial charge in [0, 0.05) is 25.7 Å². The maximum Gasteiger partial charge on any atom is 0.472 e. The number of carbonyl (C=O) groups is 4. The van der Waals surface area contributed by atoms with Crippen molar-refractivity contribution in [2.45, 2.75) is 444 Å². The summed E-state index contributed by atoms with van der Waals surface area (Å²) in [5.74, 6) is -2.13. The van der Waals surface area contributed by atoms with E-state index >= 15 is 0 Å². The molecule has 0 aromatic carbocycles. The van der Waals surface area contributed by atoms with Crippen molar-refractivity contribution in [2.75, 3.05) is 39.6 Å². The van der Waals surface area contributed by atoms with E-state index in [0.29, 0.717) is 25.7 Å². The molecule has 0 aromatic heterocycles. The Bertz CT molecular complexity index is 2020. The SMILES string of the molecule is CCCCC/C=C\C/C=C\CCCCCCCC(=O)O[C@H](COC(=O)CCCCCCCCCCCCCCCCCCC)COP(=O)(O)OC[C@@H](O)COP(=O)(O)OC[C@@H](COC(=O)CCCCCCCCCCCCCCCCC)OC(=O)CCCCCCCCCCCCCCCCC. The lowest BCUT2D eigenvalue weighted by atomic mass is 10.0. The number of unbranched alkanes of at least 4 members (excludes halogenated alkanes) is 52. The third-order valence-corrected chi connectivity index (χ3v) is 20.9. The number of ether oxygens (including phenoxy) is 4. The van der Waals surface area contributed by atoms with Gasteiger partial charge in [-0.15, -0.1) is 0 Å². The van der Waals surface area contributed by atoms with Gasteiger partial charge in [0.2, 0.25) is 0 Å². The van der Waals surface area contributed by atoms with Crippen LogP contribution in [0.4, 0.5) is 0 Å². The Kier molecular flexibility index (Phi) is 74.9. The van der Waals surface area contributed by atoms with Gasteiger partial charge in [-0.1, -0.05) is 367 Å². The third kappa shape index (κ3) is 75.8. The Balaban J connectivity index is 5.29. The number of allylic oxidation sites excluding steroid dienone is 4. The summed E-state index contributed by atoms with van der Waals surface area (Å²) in [6, 6.07) is 0. The van der Waals surface area contributed by atoms with Crippen LogP contribution >= 0.6 is 15.6 Å². The van der Waals surface area contributed by atoms with Crippen molar-refractivity contribution in [2.24, 2.45) is 0 Å². The smallest absolute Gasteiger partial charge is 0.462 e. The van der Waals surface area contributed by atoms with Crippen LogP contribution in [0.1, 0.15) is 426 Å². The first kappa shape index (κ1) is 99.5. The number of hydrogen-bond donors (Lipinski definition) is 3. The van der Waals surface area contributed by atoms with Gasteiger partial charge in [0.1, 0.15) is 19.3 Å². The molecule has 3 N–H and O–H groups in total. The summed E-state index contributed by atoms with van der Waals surface area (Å²) in [6.45, 7) is 4.98. The van der Waals surface area contributed by atoms with Crippen LogP contribution in [0.2, 0.25) is 0 Å². The Morgan fingerprint density at radius 3 is 0.745 bits per heavy atom. The van der Waals surface area contributed by atoms with Crippen LogP contribution in [0.3, 0.4) is 0 Å². The van der Waals surface area contributed by atoms with Crippen molar-refractivity contribution in [1.82, 2.24) is 0 Å². The molecule has 0 amide bonds. The van der Waals surface area contributed by atoms with Crippen molar-refractivity contribution >= 4 is 39.5 Å². The van der Waals surface area contributed by atoms with Gasteiger partial charge < -0.3 is 33.8 Å². The van der Waals surface area contributed by atoms with Crippen molar-refractivity contribution < 1.29 is 80.2 Å². The Hall–Kier alpha value is -2.46. The van der Waals surface area contributed by atoms with E-state index in [1.807, 2.05) is 0 Å². The molecule has 0 aliphatic heterocycles.